The SMILES string of the molecule is O=CC1C[C@@H]2CC[C@@H](C1)C2. The maximum Gasteiger partial charge on any atom is 0.123 e. The summed E-state index contributed by atoms with van der Waals surface area (Å²) in [7, 11) is 0. The maximum absolute atomic E-state index is 10.5. The molecule has 0 aromatic carbocycles. The van der Waals surface area contributed by atoms with Crippen LogP contribution in [0.5, 0.6) is 0 Å². The van der Waals surface area contributed by atoms with Crippen LogP contribution >= 0.6 is 0 Å². The van der Waals surface area contributed by atoms with E-state index in [0.29, 0.717) is 5.92 Å². The highest BCUT2D eigenvalue weighted by Crippen LogP contribution is 2.43. The van der Waals surface area contributed by atoms with Crippen molar-refractivity contribution in [1.29, 1.82) is 0 Å². The normalized spacial score (nSPS) is 45.4. The van der Waals surface area contributed by atoms with Crippen molar-refractivity contribution in [3.05, 3.63) is 0 Å². The highest BCUT2D eigenvalue weighted by atomic mass is 16.1. The zero-order valence-electron chi connectivity index (χ0n) is 6.25. The van der Waals surface area contributed by atoms with Crippen LogP contribution in [-0.2, 0) is 4.79 Å². The Labute approximate surface area is 61.8 Å². The minimum Gasteiger partial charge on any atom is -0.303 e. The molecule has 2 aliphatic carbocycles. The summed E-state index contributed by atoms with van der Waals surface area (Å²) in [5, 5.41) is 0. The number of carbonyl (C=O) groups is 1. The van der Waals surface area contributed by atoms with Crippen molar-refractivity contribution >= 4 is 6.29 Å². The average Bonchev–Trinajstić information content (AvgIpc) is 2.30. The summed E-state index contributed by atoms with van der Waals surface area (Å²) in [6, 6.07) is 0. The van der Waals surface area contributed by atoms with Crippen molar-refractivity contribution in [3.63, 3.8) is 0 Å². The molecule has 2 aliphatic rings. The monoisotopic (exact) mass is 138 g/mol. The molecule has 0 spiro atoms. The first-order chi connectivity index (χ1) is 4.88. The van der Waals surface area contributed by atoms with Gasteiger partial charge in [-0.25, -0.2) is 0 Å². The largest absolute Gasteiger partial charge is 0.303 e. The van der Waals surface area contributed by atoms with Crippen molar-refractivity contribution in [1.82, 2.24) is 0 Å². The predicted octanol–water partition coefficient (Wildman–Crippen LogP) is 2.01. The molecule has 0 saturated heterocycles. The van der Waals surface area contributed by atoms with Gasteiger partial charge in [-0.1, -0.05) is 12.8 Å². The molecule has 2 atom stereocenters. The van der Waals surface area contributed by atoms with Crippen LogP contribution in [0, 0.1) is 17.8 Å². The lowest BCUT2D eigenvalue weighted by Crippen LogP contribution is -2.16. The fourth-order valence-electron chi connectivity index (χ4n) is 2.67. The summed E-state index contributed by atoms with van der Waals surface area (Å²) >= 11 is 0. The number of carbonyl (C=O) groups excluding carboxylic acids is 1. The van der Waals surface area contributed by atoms with E-state index in [4.69, 9.17) is 0 Å². The van der Waals surface area contributed by atoms with E-state index in [0.717, 1.165) is 11.8 Å². The van der Waals surface area contributed by atoms with Gasteiger partial charge in [0.15, 0.2) is 0 Å². The van der Waals surface area contributed by atoms with Gasteiger partial charge >= 0.3 is 0 Å². The molecule has 0 radical (unpaired) electrons. The van der Waals surface area contributed by atoms with E-state index < -0.39 is 0 Å². The number of fused-ring (bicyclic) bond motifs is 2. The second kappa shape index (κ2) is 2.37. The van der Waals surface area contributed by atoms with Crippen molar-refractivity contribution in [2.45, 2.75) is 32.1 Å². The second-order valence-electron chi connectivity index (χ2n) is 3.91. The smallest absolute Gasteiger partial charge is 0.123 e. The molecular weight excluding hydrogens is 124 g/mol. The van der Waals surface area contributed by atoms with Crippen LogP contribution in [0.2, 0.25) is 0 Å². The molecule has 2 saturated carbocycles. The summed E-state index contributed by atoms with van der Waals surface area (Å²) < 4.78 is 0. The highest BCUT2D eigenvalue weighted by molar-refractivity contribution is 5.53. The predicted molar refractivity (Wildman–Crippen MR) is 39.6 cm³/mol. The minimum atomic E-state index is 0.422. The first-order valence-corrected chi connectivity index (χ1v) is 4.34. The van der Waals surface area contributed by atoms with Crippen LogP contribution in [0.15, 0.2) is 0 Å². The molecule has 0 aromatic heterocycles. The topological polar surface area (TPSA) is 17.1 Å². The van der Waals surface area contributed by atoms with Crippen LogP contribution in [0.3, 0.4) is 0 Å². The summed E-state index contributed by atoms with van der Waals surface area (Å²) in [6.45, 7) is 0. The number of hydrogen-bond donors (Lipinski definition) is 0. The lowest BCUT2D eigenvalue weighted by Gasteiger charge is -2.22. The second-order valence-corrected chi connectivity index (χ2v) is 3.91. The van der Waals surface area contributed by atoms with E-state index in [-0.39, 0.29) is 0 Å². The first kappa shape index (κ1) is 6.38. The Hall–Kier alpha value is -0.330. The van der Waals surface area contributed by atoms with Crippen molar-refractivity contribution in [3.8, 4) is 0 Å². The molecule has 2 fully saturated rings. The Morgan fingerprint density at radius 2 is 1.60 bits per heavy atom. The van der Waals surface area contributed by atoms with Gasteiger partial charge in [-0.2, -0.15) is 0 Å². The molecule has 0 amide bonds. The van der Waals surface area contributed by atoms with Gasteiger partial charge < -0.3 is 4.79 Å². The summed E-state index contributed by atoms with van der Waals surface area (Å²) in [5.74, 6) is 2.24. The van der Waals surface area contributed by atoms with Crippen LogP contribution in [-0.4, -0.2) is 6.29 Å². The molecule has 0 unspecified atom stereocenters. The van der Waals surface area contributed by atoms with Crippen LogP contribution < -0.4 is 0 Å². The zero-order chi connectivity index (χ0) is 6.97. The van der Waals surface area contributed by atoms with E-state index in [1.807, 2.05) is 0 Å². The molecule has 1 heteroatoms. The van der Waals surface area contributed by atoms with Crippen LogP contribution in [0.1, 0.15) is 32.1 Å². The number of hydrogen-bond acceptors (Lipinski definition) is 1. The van der Waals surface area contributed by atoms with Crippen molar-refractivity contribution in [2.75, 3.05) is 0 Å². The van der Waals surface area contributed by atoms with Crippen LogP contribution in [0.4, 0.5) is 0 Å². The molecule has 56 valence electrons. The fourth-order valence-corrected chi connectivity index (χ4v) is 2.67. The quantitative estimate of drug-likeness (QED) is 0.506. The highest BCUT2D eigenvalue weighted by Gasteiger charge is 2.33. The molecule has 0 aliphatic heterocycles. The van der Waals surface area contributed by atoms with Crippen LogP contribution in [0.25, 0.3) is 0 Å². The Morgan fingerprint density at radius 1 is 1.00 bits per heavy atom. The van der Waals surface area contributed by atoms with E-state index >= 15 is 0 Å². The molecule has 0 aromatic rings. The molecule has 0 N–H and O–H groups in total. The van der Waals surface area contributed by atoms with Gasteiger partial charge in [0.2, 0.25) is 0 Å². The summed E-state index contributed by atoms with van der Waals surface area (Å²) in [5.41, 5.74) is 0. The standard InChI is InChI=1S/C9H14O/c10-6-9-4-7-1-2-8(3-7)5-9/h6-9H,1-5H2/t7-,8-/m1/s1. The van der Waals surface area contributed by atoms with E-state index in [1.54, 1.807) is 0 Å². The zero-order valence-corrected chi connectivity index (χ0v) is 6.25. The van der Waals surface area contributed by atoms with E-state index in [2.05, 4.69) is 0 Å². The molecule has 10 heavy (non-hydrogen) atoms. The van der Waals surface area contributed by atoms with Gasteiger partial charge in [0, 0.05) is 5.92 Å². The summed E-state index contributed by atoms with van der Waals surface area (Å²) in [4.78, 5) is 10.5. The molecule has 2 rings (SSSR count). The number of rotatable bonds is 1. The molecule has 0 heterocycles. The van der Waals surface area contributed by atoms with Gasteiger partial charge in [-0.05, 0) is 31.1 Å². The third kappa shape index (κ3) is 0.979. The van der Waals surface area contributed by atoms with Gasteiger partial charge in [-0.3, -0.25) is 0 Å². The van der Waals surface area contributed by atoms with E-state index in [9.17, 15) is 4.79 Å². The van der Waals surface area contributed by atoms with E-state index in [1.165, 1.54) is 38.4 Å². The van der Waals surface area contributed by atoms with Gasteiger partial charge in [0.1, 0.15) is 6.29 Å². The third-order valence-electron chi connectivity index (χ3n) is 3.11. The maximum atomic E-state index is 10.5. The molecular formula is C9H14O. The van der Waals surface area contributed by atoms with Gasteiger partial charge in [-0.15, -0.1) is 0 Å². The lowest BCUT2D eigenvalue weighted by atomic mass is 9.82. The first-order valence-electron chi connectivity index (χ1n) is 4.34. The average molecular weight is 138 g/mol. The summed E-state index contributed by atoms with van der Waals surface area (Å²) in [6.07, 6.45) is 7.78. The lowest BCUT2D eigenvalue weighted by molar-refractivity contribution is -0.112. The molecule has 2 bridgehead atoms. The fraction of sp³-hybridized carbons (Fsp3) is 0.889. The Morgan fingerprint density at radius 3 is 2.10 bits per heavy atom. The van der Waals surface area contributed by atoms with Crippen molar-refractivity contribution < 1.29 is 4.79 Å². The third-order valence-corrected chi connectivity index (χ3v) is 3.11. The van der Waals surface area contributed by atoms with Crippen molar-refractivity contribution in [2.24, 2.45) is 17.8 Å². The Kier molecular flexibility index (Phi) is 1.51. The number of aldehydes is 1. The molecule has 1 nitrogen and oxygen atoms in total. The Bertz CT molecular complexity index is 130. The van der Waals surface area contributed by atoms with Gasteiger partial charge in [0.25, 0.3) is 0 Å². The Balaban J connectivity index is 2.02. The minimum absolute atomic E-state index is 0.422. The van der Waals surface area contributed by atoms with Gasteiger partial charge in [0.05, 0.1) is 0 Å².